The van der Waals surface area contributed by atoms with Crippen LogP contribution in [0.5, 0.6) is 0 Å². The van der Waals surface area contributed by atoms with Crippen LogP contribution in [-0.2, 0) is 5.41 Å². The summed E-state index contributed by atoms with van der Waals surface area (Å²) in [6, 6.07) is 37.9. The summed E-state index contributed by atoms with van der Waals surface area (Å²) in [7, 11) is 0. The molecule has 0 bridgehead atoms. The SMILES string of the molecule is CC1(C)c2ccccc2-c2nc(-c3ccc4c5cccc6cccc(c7cccc3c74)c65)ccc21. The van der Waals surface area contributed by atoms with Gasteiger partial charge in [-0.05, 0) is 60.3 Å². The molecule has 0 N–H and O–H groups in total. The lowest BCUT2D eigenvalue weighted by Crippen LogP contribution is -2.14. The third-order valence-corrected chi connectivity index (χ3v) is 8.23. The third-order valence-electron chi connectivity index (χ3n) is 8.23. The Morgan fingerprint density at radius 1 is 0.486 bits per heavy atom. The lowest BCUT2D eigenvalue weighted by atomic mass is 9.82. The molecular formula is C34H23N. The van der Waals surface area contributed by atoms with Gasteiger partial charge in [0.05, 0.1) is 11.4 Å². The highest BCUT2D eigenvalue weighted by Gasteiger charge is 2.36. The summed E-state index contributed by atoms with van der Waals surface area (Å²) in [5.41, 5.74) is 7.27. The number of benzene rings is 6. The molecule has 1 aliphatic carbocycles. The predicted molar refractivity (Wildman–Crippen MR) is 148 cm³/mol. The minimum absolute atomic E-state index is 0.0280. The zero-order valence-electron chi connectivity index (χ0n) is 19.8. The van der Waals surface area contributed by atoms with Crippen molar-refractivity contribution in [2.45, 2.75) is 19.3 Å². The molecule has 0 spiro atoms. The zero-order valence-corrected chi connectivity index (χ0v) is 19.8. The number of hydrogen-bond acceptors (Lipinski definition) is 1. The molecule has 0 aliphatic heterocycles. The summed E-state index contributed by atoms with van der Waals surface area (Å²) in [4.78, 5) is 5.30. The van der Waals surface area contributed by atoms with Crippen LogP contribution >= 0.6 is 0 Å². The smallest absolute Gasteiger partial charge is 0.0753 e. The number of aromatic nitrogens is 1. The van der Waals surface area contributed by atoms with Crippen molar-refractivity contribution in [1.29, 1.82) is 0 Å². The monoisotopic (exact) mass is 445 g/mol. The summed E-state index contributed by atoms with van der Waals surface area (Å²) in [5.74, 6) is 0. The molecule has 35 heavy (non-hydrogen) atoms. The molecule has 6 aromatic carbocycles. The van der Waals surface area contributed by atoms with Crippen molar-refractivity contribution < 1.29 is 0 Å². The maximum absolute atomic E-state index is 5.30. The van der Waals surface area contributed by atoms with E-state index in [0.29, 0.717) is 0 Å². The molecule has 8 rings (SSSR count). The Kier molecular flexibility index (Phi) is 3.53. The Morgan fingerprint density at radius 2 is 1.14 bits per heavy atom. The quantitative estimate of drug-likeness (QED) is 0.181. The van der Waals surface area contributed by atoms with Gasteiger partial charge in [-0.15, -0.1) is 0 Å². The van der Waals surface area contributed by atoms with Gasteiger partial charge in [0, 0.05) is 16.5 Å². The van der Waals surface area contributed by atoms with Crippen LogP contribution in [0.3, 0.4) is 0 Å². The van der Waals surface area contributed by atoms with Crippen LogP contribution in [0.1, 0.15) is 25.0 Å². The molecule has 1 nitrogen and oxygen atoms in total. The molecule has 0 saturated carbocycles. The van der Waals surface area contributed by atoms with E-state index in [1.54, 1.807) is 0 Å². The van der Waals surface area contributed by atoms with E-state index in [-0.39, 0.29) is 5.41 Å². The van der Waals surface area contributed by atoms with Crippen molar-refractivity contribution in [1.82, 2.24) is 4.98 Å². The van der Waals surface area contributed by atoms with Crippen molar-refractivity contribution in [3.8, 4) is 22.5 Å². The third kappa shape index (κ3) is 2.35. The first-order valence-electron chi connectivity index (χ1n) is 12.3. The Balaban J connectivity index is 1.46. The van der Waals surface area contributed by atoms with Gasteiger partial charge < -0.3 is 0 Å². The molecule has 1 aliphatic rings. The summed E-state index contributed by atoms with van der Waals surface area (Å²) in [6.45, 7) is 4.61. The largest absolute Gasteiger partial charge is 0.247 e. The average Bonchev–Trinajstić information content (AvgIpc) is 3.13. The average molecular weight is 446 g/mol. The topological polar surface area (TPSA) is 12.9 Å². The van der Waals surface area contributed by atoms with Gasteiger partial charge in [0.2, 0.25) is 0 Å². The highest BCUT2D eigenvalue weighted by molar-refractivity contribution is 6.34. The van der Waals surface area contributed by atoms with Gasteiger partial charge in [0.1, 0.15) is 0 Å². The van der Waals surface area contributed by atoms with Gasteiger partial charge in [-0.2, -0.15) is 0 Å². The zero-order chi connectivity index (χ0) is 23.3. The first-order chi connectivity index (χ1) is 17.1. The molecule has 164 valence electrons. The molecule has 0 atom stereocenters. The van der Waals surface area contributed by atoms with E-state index in [2.05, 4.69) is 117 Å². The van der Waals surface area contributed by atoms with Crippen molar-refractivity contribution in [3.05, 3.63) is 114 Å². The highest BCUT2D eigenvalue weighted by Crippen LogP contribution is 2.49. The molecule has 0 saturated heterocycles. The lowest BCUT2D eigenvalue weighted by molar-refractivity contribution is 0.659. The summed E-state index contributed by atoms with van der Waals surface area (Å²) in [6.07, 6.45) is 0. The molecule has 1 aromatic heterocycles. The van der Waals surface area contributed by atoms with Gasteiger partial charge in [0.15, 0.2) is 0 Å². The van der Waals surface area contributed by atoms with Crippen molar-refractivity contribution in [2.75, 3.05) is 0 Å². The maximum atomic E-state index is 5.30. The Hall–Kier alpha value is -4.23. The summed E-state index contributed by atoms with van der Waals surface area (Å²) in [5, 5.41) is 10.5. The van der Waals surface area contributed by atoms with E-state index in [0.717, 1.165) is 11.4 Å². The van der Waals surface area contributed by atoms with E-state index in [1.165, 1.54) is 65.3 Å². The van der Waals surface area contributed by atoms with Crippen LogP contribution in [-0.4, -0.2) is 4.98 Å². The maximum Gasteiger partial charge on any atom is 0.0753 e. The van der Waals surface area contributed by atoms with E-state index in [1.807, 2.05) is 0 Å². The Labute approximate surface area is 204 Å². The second kappa shape index (κ2) is 6.46. The van der Waals surface area contributed by atoms with Crippen LogP contribution < -0.4 is 0 Å². The minimum Gasteiger partial charge on any atom is -0.247 e. The molecule has 0 radical (unpaired) electrons. The Bertz CT molecular complexity index is 1930. The second-order valence-corrected chi connectivity index (χ2v) is 10.4. The second-order valence-electron chi connectivity index (χ2n) is 10.4. The van der Waals surface area contributed by atoms with Gasteiger partial charge in [0.25, 0.3) is 0 Å². The fourth-order valence-electron chi connectivity index (χ4n) is 6.57. The summed E-state index contributed by atoms with van der Waals surface area (Å²) >= 11 is 0. The highest BCUT2D eigenvalue weighted by atomic mass is 14.7. The molecule has 1 heteroatoms. The van der Waals surface area contributed by atoms with Crippen LogP contribution in [0.25, 0.3) is 65.6 Å². The van der Waals surface area contributed by atoms with E-state index >= 15 is 0 Å². The normalized spacial score (nSPS) is 14.2. The molecule has 0 unspecified atom stereocenters. The van der Waals surface area contributed by atoms with Crippen LogP contribution in [0.15, 0.2) is 103 Å². The fraction of sp³-hybridized carbons (Fsp3) is 0.0882. The van der Waals surface area contributed by atoms with Gasteiger partial charge in [-0.1, -0.05) is 111 Å². The van der Waals surface area contributed by atoms with Gasteiger partial charge in [-0.25, -0.2) is 4.98 Å². The van der Waals surface area contributed by atoms with Crippen LogP contribution in [0.2, 0.25) is 0 Å². The summed E-state index contributed by atoms with van der Waals surface area (Å²) < 4.78 is 0. The molecular weight excluding hydrogens is 422 g/mol. The number of rotatable bonds is 1. The van der Waals surface area contributed by atoms with Crippen molar-refractivity contribution in [3.63, 3.8) is 0 Å². The number of nitrogens with zero attached hydrogens (tertiary/aromatic N) is 1. The minimum atomic E-state index is -0.0280. The van der Waals surface area contributed by atoms with Crippen molar-refractivity contribution >= 4 is 43.1 Å². The molecule has 7 aromatic rings. The lowest BCUT2D eigenvalue weighted by Gasteiger charge is -2.21. The first kappa shape index (κ1) is 19.1. The van der Waals surface area contributed by atoms with E-state index < -0.39 is 0 Å². The number of pyridine rings is 1. The van der Waals surface area contributed by atoms with Crippen LogP contribution in [0, 0.1) is 0 Å². The standard InChI is InChI=1S/C34H23N/c1-34(2)28-15-4-3-10-27(28)33-29(34)18-19-30(35-33)21-16-17-26-24-12-6-9-20-8-5-11-23(31(20)24)25-14-7-13-22(21)32(25)26/h3-19H,1-2H3. The van der Waals surface area contributed by atoms with E-state index in [4.69, 9.17) is 4.98 Å². The molecule has 0 amide bonds. The first-order valence-corrected chi connectivity index (χ1v) is 12.3. The van der Waals surface area contributed by atoms with Crippen LogP contribution in [0.4, 0.5) is 0 Å². The van der Waals surface area contributed by atoms with E-state index in [9.17, 15) is 0 Å². The molecule has 0 fully saturated rings. The number of fused-ring (bicyclic) bond motifs is 5. The Morgan fingerprint density at radius 3 is 1.94 bits per heavy atom. The van der Waals surface area contributed by atoms with Gasteiger partial charge in [-0.3, -0.25) is 0 Å². The number of hydrogen-bond donors (Lipinski definition) is 0. The van der Waals surface area contributed by atoms with Crippen molar-refractivity contribution in [2.24, 2.45) is 0 Å². The van der Waals surface area contributed by atoms with Gasteiger partial charge >= 0.3 is 0 Å². The molecule has 1 heterocycles. The fourth-order valence-corrected chi connectivity index (χ4v) is 6.57. The predicted octanol–water partition coefficient (Wildman–Crippen LogP) is 9.11.